The predicted octanol–water partition coefficient (Wildman–Crippen LogP) is 3.78. The number of hydrogen-bond donors (Lipinski definition) is 1. The van der Waals surface area contributed by atoms with Crippen molar-refractivity contribution in [2.24, 2.45) is 5.92 Å². The van der Waals surface area contributed by atoms with Gasteiger partial charge < -0.3 is 5.11 Å². The minimum Gasteiger partial charge on any atom is -0.390 e. The second-order valence-electron chi connectivity index (χ2n) is 5.75. The summed E-state index contributed by atoms with van der Waals surface area (Å²) in [5.41, 5.74) is 0.454. The van der Waals surface area contributed by atoms with Gasteiger partial charge >= 0.3 is 0 Å². The van der Waals surface area contributed by atoms with Gasteiger partial charge in [-0.3, -0.25) is 0 Å². The molecule has 1 aromatic heterocycles. The largest absolute Gasteiger partial charge is 0.390 e. The van der Waals surface area contributed by atoms with Crippen LogP contribution in [0.15, 0.2) is 24.3 Å². The Bertz CT molecular complexity index is 509. The summed E-state index contributed by atoms with van der Waals surface area (Å²) in [6.07, 6.45) is 5.51. The standard InChI is InChI=1S/C15H19NOS/c1-15(17,9-11-5-4-6-11)10-14-16-12-7-2-3-8-13(12)18-14/h2-3,7-8,11,17H,4-6,9-10H2,1H3. The Labute approximate surface area is 112 Å². The molecule has 2 aromatic rings. The molecule has 96 valence electrons. The van der Waals surface area contributed by atoms with Gasteiger partial charge in [-0.1, -0.05) is 31.4 Å². The van der Waals surface area contributed by atoms with E-state index < -0.39 is 5.60 Å². The van der Waals surface area contributed by atoms with Crippen molar-refractivity contribution < 1.29 is 5.11 Å². The molecule has 3 rings (SSSR count). The molecule has 0 amide bonds. The normalized spacial score (nSPS) is 19.7. The van der Waals surface area contributed by atoms with Gasteiger partial charge in [0.05, 0.1) is 20.8 Å². The number of fused-ring (bicyclic) bond motifs is 1. The Kier molecular flexibility index (Phi) is 3.12. The number of aromatic nitrogens is 1. The van der Waals surface area contributed by atoms with Gasteiger partial charge in [0, 0.05) is 6.42 Å². The van der Waals surface area contributed by atoms with Crippen LogP contribution in [0.3, 0.4) is 0 Å². The number of para-hydroxylation sites is 1. The zero-order valence-electron chi connectivity index (χ0n) is 10.7. The van der Waals surface area contributed by atoms with E-state index in [1.165, 1.54) is 24.0 Å². The number of nitrogens with zero attached hydrogens (tertiary/aromatic N) is 1. The fraction of sp³-hybridized carbons (Fsp3) is 0.533. The van der Waals surface area contributed by atoms with E-state index in [2.05, 4.69) is 11.1 Å². The zero-order chi connectivity index (χ0) is 12.6. The fourth-order valence-corrected chi connectivity index (χ4v) is 3.86. The van der Waals surface area contributed by atoms with Crippen LogP contribution in [0.2, 0.25) is 0 Å². The van der Waals surface area contributed by atoms with Crippen LogP contribution in [-0.4, -0.2) is 15.7 Å². The van der Waals surface area contributed by atoms with Crippen LogP contribution in [0, 0.1) is 5.92 Å². The van der Waals surface area contributed by atoms with Crippen molar-refractivity contribution in [3.8, 4) is 0 Å². The van der Waals surface area contributed by atoms with Crippen molar-refractivity contribution in [3.63, 3.8) is 0 Å². The maximum atomic E-state index is 10.5. The van der Waals surface area contributed by atoms with Crippen LogP contribution in [0.5, 0.6) is 0 Å². The van der Waals surface area contributed by atoms with Gasteiger partial charge in [0.15, 0.2) is 0 Å². The van der Waals surface area contributed by atoms with Crippen LogP contribution in [0.4, 0.5) is 0 Å². The maximum Gasteiger partial charge on any atom is 0.0967 e. The zero-order valence-corrected chi connectivity index (χ0v) is 11.5. The lowest BCUT2D eigenvalue weighted by Gasteiger charge is -2.33. The molecule has 1 heterocycles. The Balaban J connectivity index is 1.73. The molecular weight excluding hydrogens is 242 g/mol. The van der Waals surface area contributed by atoms with Crippen LogP contribution < -0.4 is 0 Å². The Morgan fingerprint density at radius 1 is 1.39 bits per heavy atom. The molecule has 2 nitrogen and oxygen atoms in total. The Morgan fingerprint density at radius 3 is 2.83 bits per heavy atom. The molecular formula is C15H19NOS. The first-order valence-electron chi connectivity index (χ1n) is 6.69. The molecule has 1 aliphatic rings. The van der Waals surface area contributed by atoms with Crippen molar-refractivity contribution in [2.75, 3.05) is 0 Å². The van der Waals surface area contributed by atoms with Crippen molar-refractivity contribution in [1.29, 1.82) is 0 Å². The Morgan fingerprint density at radius 2 is 2.17 bits per heavy atom. The van der Waals surface area contributed by atoms with Crippen LogP contribution in [0.25, 0.3) is 10.2 Å². The minimum atomic E-state index is -0.598. The highest BCUT2D eigenvalue weighted by atomic mass is 32.1. The van der Waals surface area contributed by atoms with E-state index in [0.29, 0.717) is 6.42 Å². The average Bonchev–Trinajstić information content (AvgIpc) is 2.64. The predicted molar refractivity (Wildman–Crippen MR) is 75.9 cm³/mol. The summed E-state index contributed by atoms with van der Waals surface area (Å²) in [6, 6.07) is 8.18. The third-order valence-corrected chi connectivity index (χ3v) is 4.86. The number of rotatable bonds is 4. The average molecular weight is 261 g/mol. The topological polar surface area (TPSA) is 33.1 Å². The van der Waals surface area contributed by atoms with Gasteiger partial charge in [0.2, 0.25) is 0 Å². The summed E-state index contributed by atoms with van der Waals surface area (Å²) >= 11 is 1.71. The summed E-state index contributed by atoms with van der Waals surface area (Å²) in [7, 11) is 0. The number of thiazole rings is 1. The van der Waals surface area contributed by atoms with E-state index in [4.69, 9.17) is 0 Å². The van der Waals surface area contributed by atoms with Gasteiger partial charge in [-0.2, -0.15) is 0 Å². The molecule has 1 saturated carbocycles. The van der Waals surface area contributed by atoms with Crippen molar-refractivity contribution in [1.82, 2.24) is 4.98 Å². The van der Waals surface area contributed by atoms with E-state index in [-0.39, 0.29) is 0 Å². The highest BCUT2D eigenvalue weighted by molar-refractivity contribution is 7.18. The number of benzene rings is 1. The maximum absolute atomic E-state index is 10.5. The quantitative estimate of drug-likeness (QED) is 0.908. The molecule has 0 radical (unpaired) electrons. The molecule has 3 heteroatoms. The van der Waals surface area contributed by atoms with E-state index in [1.54, 1.807) is 11.3 Å². The molecule has 1 unspecified atom stereocenters. The molecule has 1 N–H and O–H groups in total. The molecule has 1 fully saturated rings. The summed E-state index contributed by atoms with van der Waals surface area (Å²) in [6.45, 7) is 1.96. The van der Waals surface area contributed by atoms with Gasteiger partial charge in [-0.05, 0) is 31.4 Å². The molecule has 1 aliphatic carbocycles. The van der Waals surface area contributed by atoms with E-state index in [1.807, 2.05) is 25.1 Å². The SMILES string of the molecule is CC(O)(Cc1nc2ccccc2s1)CC1CCC1. The lowest BCUT2D eigenvalue weighted by Crippen LogP contribution is -2.32. The summed E-state index contributed by atoms with van der Waals surface area (Å²) in [4.78, 5) is 4.61. The second-order valence-corrected chi connectivity index (χ2v) is 6.87. The highest BCUT2D eigenvalue weighted by Crippen LogP contribution is 2.35. The third-order valence-electron chi connectivity index (χ3n) is 3.82. The van der Waals surface area contributed by atoms with Crippen molar-refractivity contribution in [2.45, 2.75) is 44.6 Å². The molecule has 0 aliphatic heterocycles. The van der Waals surface area contributed by atoms with E-state index in [0.717, 1.165) is 22.9 Å². The minimum absolute atomic E-state index is 0.598. The van der Waals surface area contributed by atoms with E-state index in [9.17, 15) is 5.11 Å². The highest BCUT2D eigenvalue weighted by Gasteiger charge is 2.30. The van der Waals surface area contributed by atoms with Crippen molar-refractivity contribution in [3.05, 3.63) is 29.3 Å². The summed E-state index contributed by atoms with van der Waals surface area (Å²) < 4.78 is 1.21. The van der Waals surface area contributed by atoms with E-state index >= 15 is 0 Å². The van der Waals surface area contributed by atoms with Gasteiger partial charge in [-0.15, -0.1) is 11.3 Å². The summed E-state index contributed by atoms with van der Waals surface area (Å²) in [5.74, 6) is 0.731. The fourth-order valence-electron chi connectivity index (χ4n) is 2.71. The van der Waals surface area contributed by atoms with Gasteiger partial charge in [0.1, 0.15) is 0 Å². The van der Waals surface area contributed by atoms with Crippen molar-refractivity contribution >= 4 is 21.6 Å². The smallest absolute Gasteiger partial charge is 0.0967 e. The molecule has 0 bridgehead atoms. The number of aliphatic hydroxyl groups is 1. The lowest BCUT2D eigenvalue weighted by atomic mass is 9.77. The van der Waals surface area contributed by atoms with Gasteiger partial charge in [-0.25, -0.2) is 4.98 Å². The molecule has 0 spiro atoms. The molecule has 1 aromatic carbocycles. The molecule has 0 saturated heterocycles. The monoisotopic (exact) mass is 261 g/mol. The molecule has 18 heavy (non-hydrogen) atoms. The lowest BCUT2D eigenvalue weighted by molar-refractivity contribution is 0.0204. The van der Waals surface area contributed by atoms with Crippen LogP contribution in [-0.2, 0) is 6.42 Å². The number of hydrogen-bond acceptors (Lipinski definition) is 3. The second kappa shape index (κ2) is 4.63. The Hall–Kier alpha value is -0.930. The first-order valence-corrected chi connectivity index (χ1v) is 7.51. The first-order chi connectivity index (χ1) is 8.62. The van der Waals surface area contributed by atoms with Gasteiger partial charge in [0.25, 0.3) is 0 Å². The van der Waals surface area contributed by atoms with Crippen LogP contribution >= 0.6 is 11.3 Å². The summed E-state index contributed by atoms with van der Waals surface area (Å²) in [5, 5.41) is 11.6. The third kappa shape index (κ3) is 2.57. The first kappa shape index (κ1) is 12.1. The van der Waals surface area contributed by atoms with Crippen LogP contribution in [0.1, 0.15) is 37.6 Å². The molecule has 1 atom stereocenters.